The standard InChI is InChI=1S/C17H22N2O2/c1-4-15(19-12-13-7-9-18-10-8-13)14-5-6-16(20-2)17(11-14)21-3/h5-11,15,19H,4,12H2,1-3H3. The normalized spacial score (nSPS) is 12.0. The zero-order valence-electron chi connectivity index (χ0n) is 12.8. The number of nitrogens with zero attached hydrogens (tertiary/aromatic N) is 1. The third-order valence-electron chi connectivity index (χ3n) is 3.52. The molecule has 4 nitrogen and oxygen atoms in total. The molecule has 0 aliphatic carbocycles. The van der Waals surface area contributed by atoms with Crippen LogP contribution in [0.2, 0.25) is 0 Å². The van der Waals surface area contributed by atoms with Crippen molar-refractivity contribution in [2.75, 3.05) is 14.2 Å². The highest BCUT2D eigenvalue weighted by atomic mass is 16.5. The van der Waals surface area contributed by atoms with Gasteiger partial charge in [0.2, 0.25) is 0 Å². The summed E-state index contributed by atoms with van der Waals surface area (Å²) in [7, 11) is 3.31. The van der Waals surface area contributed by atoms with Crippen LogP contribution in [0.1, 0.15) is 30.5 Å². The van der Waals surface area contributed by atoms with E-state index in [1.165, 1.54) is 11.1 Å². The SMILES string of the molecule is CCC(NCc1ccncc1)c1ccc(OC)c(OC)c1. The maximum Gasteiger partial charge on any atom is 0.161 e. The predicted molar refractivity (Wildman–Crippen MR) is 83.7 cm³/mol. The largest absolute Gasteiger partial charge is 0.493 e. The van der Waals surface area contributed by atoms with Crippen molar-refractivity contribution in [2.45, 2.75) is 25.9 Å². The molecule has 0 amide bonds. The van der Waals surface area contributed by atoms with Gasteiger partial charge in [0.1, 0.15) is 0 Å². The molecular weight excluding hydrogens is 264 g/mol. The first kappa shape index (κ1) is 15.3. The highest BCUT2D eigenvalue weighted by Gasteiger charge is 2.12. The number of methoxy groups -OCH3 is 2. The fourth-order valence-corrected chi connectivity index (χ4v) is 2.31. The summed E-state index contributed by atoms with van der Waals surface area (Å²) >= 11 is 0. The molecule has 0 radical (unpaired) electrons. The van der Waals surface area contributed by atoms with E-state index in [0.717, 1.165) is 24.5 Å². The van der Waals surface area contributed by atoms with Gasteiger partial charge in [-0.1, -0.05) is 13.0 Å². The first-order valence-corrected chi connectivity index (χ1v) is 7.12. The second-order valence-corrected chi connectivity index (χ2v) is 4.81. The molecule has 1 aromatic heterocycles. The van der Waals surface area contributed by atoms with E-state index in [0.29, 0.717) is 0 Å². The Morgan fingerprint density at radius 1 is 1.05 bits per heavy atom. The van der Waals surface area contributed by atoms with Gasteiger partial charge in [0, 0.05) is 25.0 Å². The summed E-state index contributed by atoms with van der Waals surface area (Å²) in [4.78, 5) is 4.03. The zero-order valence-corrected chi connectivity index (χ0v) is 12.8. The molecule has 0 aliphatic heterocycles. The lowest BCUT2D eigenvalue weighted by Gasteiger charge is -2.19. The van der Waals surface area contributed by atoms with E-state index in [1.807, 2.05) is 36.7 Å². The summed E-state index contributed by atoms with van der Waals surface area (Å²) in [6.45, 7) is 2.98. The molecule has 0 spiro atoms. The van der Waals surface area contributed by atoms with Crippen LogP contribution < -0.4 is 14.8 Å². The number of rotatable bonds is 7. The molecule has 112 valence electrons. The van der Waals surface area contributed by atoms with Crippen molar-refractivity contribution < 1.29 is 9.47 Å². The Morgan fingerprint density at radius 2 is 1.76 bits per heavy atom. The third kappa shape index (κ3) is 3.95. The van der Waals surface area contributed by atoms with Crippen molar-refractivity contribution in [1.82, 2.24) is 10.3 Å². The van der Waals surface area contributed by atoms with Gasteiger partial charge in [0.05, 0.1) is 14.2 Å². The highest BCUT2D eigenvalue weighted by molar-refractivity contribution is 5.43. The number of ether oxygens (including phenoxy) is 2. The van der Waals surface area contributed by atoms with Crippen LogP contribution >= 0.6 is 0 Å². The molecule has 21 heavy (non-hydrogen) atoms. The van der Waals surface area contributed by atoms with Crippen molar-refractivity contribution in [3.63, 3.8) is 0 Å². The Morgan fingerprint density at radius 3 is 2.38 bits per heavy atom. The average molecular weight is 286 g/mol. The molecule has 2 aromatic rings. The van der Waals surface area contributed by atoms with Crippen molar-refractivity contribution in [3.8, 4) is 11.5 Å². The molecule has 1 heterocycles. The zero-order chi connectivity index (χ0) is 15.1. The summed E-state index contributed by atoms with van der Waals surface area (Å²) < 4.78 is 10.7. The first-order valence-electron chi connectivity index (χ1n) is 7.12. The Kier molecular flexibility index (Phi) is 5.58. The van der Waals surface area contributed by atoms with Gasteiger partial charge in [-0.05, 0) is 41.8 Å². The number of pyridine rings is 1. The van der Waals surface area contributed by atoms with Gasteiger partial charge in [0.15, 0.2) is 11.5 Å². The Bertz CT molecular complexity index is 558. The molecule has 1 atom stereocenters. The van der Waals surface area contributed by atoms with Gasteiger partial charge in [-0.15, -0.1) is 0 Å². The third-order valence-corrected chi connectivity index (χ3v) is 3.52. The molecule has 1 aromatic carbocycles. The van der Waals surface area contributed by atoms with E-state index in [-0.39, 0.29) is 6.04 Å². The fraction of sp³-hybridized carbons (Fsp3) is 0.353. The van der Waals surface area contributed by atoms with E-state index in [1.54, 1.807) is 14.2 Å². The highest BCUT2D eigenvalue weighted by Crippen LogP contribution is 2.30. The lowest BCUT2D eigenvalue weighted by molar-refractivity contribution is 0.353. The maximum atomic E-state index is 5.37. The van der Waals surface area contributed by atoms with Crippen molar-refractivity contribution in [1.29, 1.82) is 0 Å². The van der Waals surface area contributed by atoms with Crippen LogP contribution in [0.3, 0.4) is 0 Å². The van der Waals surface area contributed by atoms with Crippen LogP contribution in [0.5, 0.6) is 11.5 Å². The average Bonchev–Trinajstić information content (AvgIpc) is 2.56. The molecule has 0 saturated heterocycles. The lowest BCUT2D eigenvalue weighted by Crippen LogP contribution is -2.20. The quantitative estimate of drug-likeness (QED) is 0.847. The van der Waals surface area contributed by atoms with Crippen molar-refractivity contribution in [3.05, 3.63) is 53.9 Å². The van der Waals surface area contributed by atoms with Crippen molar-refractivity contribution >= 4 is 0 Å². The van der Waals surface area contributed by atoms with Crippen LogP contribution in [-0.2, 0) is 6.54 Å². The summed E-state index contributed by atoms with van der Waals surface area (Å²) in [5.74, 6) is 1.52. The summed E-state index contributed by atoms with van der Waals surface area (Å²) in [5, 5.41) is 3.57. The molecule has 0 fully saturated rings. The molecule has 4 heteroatoms. The lowest BCUT2D eigenvalue weighted by atomic mass is 10.0. The molecule has 0 saturated carbocycles. The van der Waals surface area contributed by atoms with E-state index < -0.39 is 0 Å². The van der Waals surface area contributed by atoms with Crippen LogP contribution in [0.15, 0.2) is 42.7 Å². The summed E-state index contributed by atoms with van der Waals surface area (Å²) in [6, 6.07) is 10.4. The second-order valence-electron chi connectivity index (χ2n) is 4.81. The second kappa shape index (κ2) is 7.64. The van der Waals surface area contributed by atoms with E-state index in [2.05, 4.69) is 23.3 Å². The molecule has 1 N–H and O–H groups in total. The molecular formula is C17H22N2O2. The fourth-order valence-electron chi connectivity index (χ4n) is 2.31. The van der Waals surface area contributed by atoms with Gasteiger partial charge in [-0.3, -0.25) is 4.98 Å². The number of aromatic nitrogens is 1. The Balaban J connectivity index is 2.10. The Labute approximate surface area is 126 Å². The van der Waals surface area contributed by atoms with E-state index in [9.17, 15) is 0 Å². The van der Waals surface area contributed by atoms with Gasteiger partial charge < -0.3 is 14.8 Å². The molecule has 0 bridgehead atoms. The van der Waals surface area contributed by atoms with Gasteiger partial charge in [-0.2, -0.15) is 0 Å². The number of benzene rings is 1. The predicted octanol–water partition coefficient (Wildman–Crippen LogP) is 3.34. The van der Waals surface area contributed by atoms with Crippen LogP contribution in [0.4, 0.5) is 0 Å². The first-order chi connectivity index (χ1) is 10.3. The molecule has 2 rings (SSSR count). The van der Waals surface area contributed by atoms with E-state index in [4.69, 9.17) is 9.47 Å². The smallest absolute Gasteiger partial charge is 0.161 e. The molecule has 0 aliphatic rings. The molecule has 1 unspecified atom stereocenters. The summed E-state index contributed by atoms with van der Waals surface area (Å²) in [6.07, 6.45) is 4.63. The monoisotopic (exact) mass is 286 g/mol. The maximum absolute atomic E-state index is 5.37. The minimum Gasteiger partial charge on any atom is -0.493 e. The number of hydrogen-bond donors (Lipinski definition) is 1. The Hall–Kier alpha value is -2.07. The summed E-state index contributed by atoms with van der Waals surface area (Å²) in [5.41, 5.74) is 2.42. The minimum atomic E-state index is 0.276. The topological polar surface area (TPSA) is 43.4 Å². The van der Waals surface area contributed by atoms with Gasteiger partial charge >= 0.3 is 0 Å². The number of hydrogen-bond acceptors (Lipinski definition) is 4. The van der Waals surface area contributed by atoms with E-state index >= 15 is 0 Å². The van der Waals surface area contributed by atoms with Crippen LogP contribution in [0.25, 0.3) is 0 Å². The minimum absolute atomic E-state index is 0.276. The number of nitrogens with one attached hydrogen (secondary N) is 1. The van der Waals surface area contributed by atoms with Gasteiger partial charge in [-0.25, -0.2) is 0 Å². The van der Waals surface area contributed by atoms with Crippen LogP contribution in [-0.4, -0.2) is 19.2 Å². The van der Waals surface area contributed by atoms with Crippen molar-refractivity contribution in [2.24, 2.45) is 0 Å². The van der Waals surface area contributed by atoms with Gasteiger partial charge in [0.25, 0.3) is 0 Å². The van der Waals surface area contributed by atoms with Crippen LogP contribution in [0, 0.1) is 0 Å².